The van der Waals surface area contributed by atoms with Gasteiger partial charge in [-0.25, -0.2) is 10.1 Å². The molecule has 0 radical (unpaired) electrons. The van der Waals surface area contributed by atoms with Crippen molar-refractivity contribution in [3.05, 3.63) is 52.6 Å². The lowest BCUT2D eigenvalue weighted by atomic mass is 10.1. The molecule has 0 amide bonds. The van der Waals surface area contributed by atoms with Gasteiger partial charge in [0, 0.05) is 0 Å². The summed E-state index contributed by atoms with van der Waals surface area (Å²) in [6, 6.07) is 7.67. The number of carbonyl (C=O) groups is 1. The van der Waals surface area contributed by atoms with Gasteiger partial charge in [0.2, 0.25) is 13.7 Å². The number of nitrogens with one attached hydrogen (secondary N) is 2. The van der Waals surface area contributed by atoms with Crippen LogP contribution in [0.15, 0.2) is 41.5 Å². The highest BCUT2D eigenvalue weighted by Gasteiger charge is 2.49. The molecule has 0 saturated carbocycles. The van der Waals surface area contributed by atoms with Gasteiger partial charge in [-0.05, 0) is 39.7 Å². The Bertz CT molecular complexity index is 1460. The summed E-state index contributed by atoms with van der Waals surface area (Å²) in [6.45, 7) is 6.82. The van der Waals surface area contributed by atoms with Crippen molar-refractivity contribution >= 4 is 30.8 Å². The van der Waals surface area contributed by atoms with Gasteiger partial charge in [0.05, 0.1) is 32.3 Å². The molecule has 16 heteroatoms. The van der Waals surface area contributed by atoms with Crippen LogP contribution in [0.25, 0.3) is 11.2 Å². The van der Waals surface area contributed by atoms with E-state index >= 15 is 0 Å². The van der Waals surface area contributed by atoms with Gasteiger partial charge >= 0.3 is 5.97 Å². The first kappa shape index (κ1) is 31.8. The van der Waals surface area contributed by atoms with Crippen molar-refractivity contribution in [2.24, 2.45) is 0 Å². The van der Waals surface area contributed by atoms with Gasteiger partial charge in [0.25, 0.3) is 5.56 Å². The number of aromatic amines is 1. The molecule has 4 rings (SSSR count). The average molecular weight is 608 g/mol. The molecule has 42 heavy (non-hydrogen) atoms. The van der Waals surface area contributed by atoms with Crippen molar-refractivity contribution < 1.29 is 37.7 Å². The first-order valence-corrected chi connectivity index (χ1v) is 15.0. The lowest BCUT2D eigenvalue weighted by molar-refractivity contribution is -0.207. The Hall–Kier alpha value is -3.17. The zero-order chi connectivity index (χ0) is 30.6. The molecule has 6 atom stereocenters. The molecule has 1 aliphatic heterocycles. The van der Waals surface area contributed by atoms with E-state index in [-0.39, 0.29) is 35.7 Å². The molecule has 0 spiro atoms. The fraction of sp³-hybridized carbons (Fsp3) is 0.538. The SMILES string of the molecule is COC(=O)C(Cc1ccccc1)NP(=O)([O-])OC[C@H]1O[C@@H](n2cnc3c(=O)[nH]c(N)nc32)[C@H](OC(C)C)[C@@H]1OC(C)C. The molecule has 2 unspecified atom stereocenters. The van der Waals surface area contributed by atoms with Gasteiger partial charge in [-0.2, -0.15) is 4.98 Å². The Kier molecular flexibility index (Phi) is 10.1. The maximum atomic E-state index is 13.0. The summed E-state index contributed by atoms with van der Waals surface area (Å²) in [6.07, 6.45) is -2.60. The normalized spacial score (nSPS) is 23.0. The van der Waals surface area contributed by atoms with E-state index in [1.807, 2.05) is 33.8 Å². The van der Waals surface area contributed by atoms with E-state index in [0.717, 1.165) is 5.56 Å². The highest BCUT2D eigenvalue weighted by atomic mass is 31.2. The molecule has 1 fully saturated rings. The van der Waals surface area contributed by atoms with E-state index in [0.29, 0.717) is 0 Å². The zero-order valence-electron chi connectivity index (χ0n) is 24.0. The smallest absolute Gasteiger partial charge is 0.323 e. The number of methoxy groups -OCH3 is 1. The number of benzene rings is 1. The number of fused-ring (bicyclic) bond motifs is 1. The number of nitrogens with zero attached hydrogens (tertiary/aromatic N) is 3. The monoisotopic (exact) mass is 607 g/mol. The number of nitrogens with two attached hydrogens (primary N) is 1. The number of rotatable bonds is 13. The van der Waals surface area contributed by atoms with Crippen molar-refractivity contribution in [2.45, 2.75) is 76.9 Å². The van der Waals surface area contributed by atoms with E-state index < -0.39 is 56.5 Å². The van der Waals surface area contributed by atoms with Crippen LogP contribution in [0.5, 0.6) is 0 Å². The van der Waals surface area contributed by atoms with E-state index in [9.17, 15) is 19.0 Å². The number of carbonyl (C=O) groups excluding carboxylic acids is 1. The van der Waals surface area contributed by atoms with Crippen molar-refractivity contribution in [1.29, 1.82) is 0 Å². The second-order valence-corrected chi connectivity index (χ2v) is 11.8. The molecule has 3 aromatic rings. The summed E-state index contributed by atoms with van der Waals surface area (Å²) < 4.78 is 43.3. The highest BCUT2D eigenvalue weighted by Crippen LogP contribution is 2.40. The third-order valence-electron chi connectivity index (χ3n) is 6.36. The maximum absolute atomic E-state index is 13.0. The van der Waals surface area contributed by atoms with Crippen LogP contribution in [0.4, 0.5) is 5.95 Å². The molecule has 3 heterocycles. The molecule has 1 saturated heterocycles. The Morgan fingerprint density at radius 3 is 2.50 bits per heavy atom. The molecule has 1 aliphatic rings. The number of esters is 1. The number of ether oxygens (including phenoxy) is 4. The highest BCUT2D eigenvalue weighted by molar-refractivity contribution is 7.49. The Morgan fingerprint density at radius 1 is 1.19 bits per heavy atom. The summed E-state index contributed by atoms with van der Waals surface area (Å²) in [5.41, 5.74) is 6.16. The summed E-state index contributed by atoms with van der Waals surface area (Å²) >= 11 is 0. The number of anilines is 1. The van der Waals surface area contributed by atoms with Crippen molar-refractivity contribution in [3.8, 4) is 0 Å². The number of hydrogen-bond acceptors (Lipinski definition) is 12. The van der Waals surface area contributed by atoms with Gasteiger partial charge in [0.15, 0.2) is 17.4 Å². The van der Waals surface area contributed by atoms with Crippen molar-refractivity contribution in [3.63, 3.8) is 0 Å². The fourth-order valence-electron chi connectivity index (χ4n) is 4.71. The van der Waals surface area contributed by atoms with Gasteiger partial charge in [-0.15, -0.1) is 0 Å². The number of nitrogen functional groups attached to an aromatic ring is 1. The van der Waals surface area contributed by atoms with Crippen LogP contribution in [0.1, 0.15) is 39.5 Å². The van der Waals surface area contributed by atoms with Gasteiger partial charge in [0.1, 0.15) is 24.4 Å². The van der Waals surface area contributed by atoms with Gasteiger partial charge in [-0.3, -0.25) is 23.7 Å². The van der Waals surface area contributed by atoms with Crippen LogP contribution in [-0.4, -0.2) is 75.8 Å². The van der Waals surface area contributed by atoms with Crippen LogP contribution in [0.3, 0.4) is 0 Å². The quantitative estimate of drug-likeness (QED) is 0.184. The zero-order valence-corrected chi connectivity index (χ0v) is 24.9. The second-order valence-electron chi connectivity index (χ2n) is 10.3. The molecule has 15 nitrogen and oxygen atoms in total. The summed E-state index contributed by atoms with van der Waals surface area (Å²) in [4.78, 5) is 48.6. The predicted molar refractivity (Wildman–Crippen MR) is 149 cm³/mol. The van der Waals surface area contributed by atoms with E-state index in [2.05, 4.69) is 20.0 Å². The molecule has 4 N–H and O–H groups in total. The van der Waals surface area contributed by atoms with Crippen LogP contribution < -0.4 is 21.3 Å². The van der Waals surface area contributed by atoms with Gasteiger partial charge in [-0.1, -0.05) is 30.3 Å². The third kappa shape index (κ3) is 7.61. The number of imidazole rings is 1. The number of H-pyrrole nitrogens is 1. The number of hydrogen-bond donors (Lipinski definition) is 3. The Labute approximate surface area is 242 Å². The van der Waals surface area contributed by atoms with E-state index in [4.69, 9.17) is 29.2 Å². The molecule has 2 aromatic heterocycles. The minimum absolute atomic E-state index is 0.0395. The standard InChI is InChI=1S/C26H37N6O9P/c1-14(2)39-20-18(12-38-42(35,36)31-17(25(34)37-5)11-16-9-7-6-8-10-16)41-24(21(20)40-15(3)4)32-13-28-19-22(32)29-26(27)30-23(19)33/h6-10,13-15,17-18,20-21,24H,11-12H2,1-5H3,(H2,31,35,36)(H3,27,29,30,33)/p-1/t17?,18-,20-,21-,24-/m1/s1. The fourth-order valence-corrected chi connectivity index (χ4v) is 5.70. The van der Waals surface area contributed by atoms with Gasteiger partial charge < -0.3 is 34.1 Å². The minimum Gasteiger partial charge on any atom is -0.766 e. The first-order chi connectivity index (χ1) is 19.9. The maximum Gasteiger partial charge on any atom is 0.323 e. The van der Waals surface area contributed by atoms with Crippen molar-refractivity contribution in [1.82, 2.24) is 24.6 Å². The lowest BCUT2D eigenvalue weighted by Gasteiger charge is -2.31. The lowest BCUT2D eigenvalue weighted by Crippen LogP contribution is -2.43. The molecule has 1 aromatic carbocycles. The molecule has 0 bridgehead atoms. The van der Waals surface area contributed by atoms with E-state index in [1.54, 1.807) is 24.3 Å². The van der Waals surface area contributed by atoms with Crippen molar-refractivity contribution in [2.75, 3.05) is 19.5 Å². The van der Waals surface area contributed by atoms with Crippen LogP contribution in [-0.2, 0) is 39.3 Å². The second kappa shape index (κ2) is 13.4. The Morgan fingerprint density at radius 2 is 1.86 bits per heavy atom. The average Bonchev–Trinajstić information content (AvgIpc) is 3.48. The molecule has 230 valence electrons. The van der Waals surface area contributed by atoms with Crippen LogP contribution in [0, 0.1) is 0 Å². The largest absolute Gasteiger partial charge is 0.766 e. The predicted octanol–water partition coefficient (Wildman–Crippen LogP) is 1.05. The summed E-state index contributed by atoms with van der Waals surface area (Å²) in [5, 5.41) is 2.29. The molecular formula is C26H36N6O9P-. The van der Waals surface area contributed by atoms with E-state index in [1.165, 1.54) is 18.0 Å². The minimum atomic E-state index is -4.82. The molecular weight excluding hydrogens is 571 g/mol. The topological polar surface area (TPSA) is 205 Å². The summed E-state index contributed by atoms with van der Waals surface area (Å²) in [5.74, 6) is -0.881. The summed E-state index contributed by atoms with van der Waals surface area (Å²) in [7, 11) is -3.65. The van der Waals surface area contributed by atoms with Crippen LogP contribution in [0.2, 0.25) is 0 Å². The first-order valence-electron chi connectivity index (χ1n) is 13.4. The third-order valence-corrected chi connectivity index (χ3v) is 7.48. The van der Waals surface area contributed by atoms with Crippen LogP contribution >= 0.6 is 7.75 Å². The number of aromatic nitrogens is 4. The Balaban J connectivity index is 1.58. The molecule has 0 aliphatic carbocycles.